The Balaban J connectivity index is 1.82. The first kappa shape index (κ1) is 10.6. The van der Waals surface area contributed by atoms with Crippen LogP contribution in [0.4, 0.5) is 0 Å². The standard InChI is InChI=1S/C11H13N3O2/c15-10-7-6-9(12-10)13-14-11(16)8-4-2-1-3-5-8/h1-5,9,13H,6-7H2,(H,12,15)(H,14,16). The fourth-order valence-corrected chi connectivity index (χ4v) is 1.54. The molecule has 0 aliphatic carbocycles. The Morgan fingerprint density at radius 1 is 1.31 bits per heavy atom. The second-order valence-electron chi connectivity index (χ2n) is 3.62. The van der Waals surface area contributed by atoms with Crippen LogP contribution in [0.5, 0.6) is 0 Å². The summed E-state index contributed by atoms with van der Waals surface area (Å²) >= 11 is 0. The highest BCUT2D eigenvalue weighted by atomic mass is 16.2. The summed E-state index contributed by atoms with van der Waals surface area (Å²) in [5.41, 5.74) is 5.92. The summed E-state index contributed by atoms with van der Waals surface area (Å²) in [6, 6.07) is 8.90. The van der Waals surface area contributed by atoms with E-state index in [0.29, 0.717) is 18.4 Å². The first-order chi connectivity index (χ1) is 7.75. The fourth-order valence-electron chi connectivity index (χ4n) is 1.54. The number of carbonyl (C=O) groups excluding carboxylic acids is 2. The molecule has 1 unspecified atom stereocenters. The van der Waals surface area contributed by atoms with Crippen molar-refractivity contribution >= 4 is 11.8 Å². The topological polar surface area (TPSA) is 70.2 Å². The van der Waals surface area contributed by atoms with Crippen LogP contribution in [0.1, 0.15) is 23.2 Å². The van der Waals surface area contributed by atoms with E-state index in [4.69, 9.17) is 0 Å². The van der Waals surface area contributed by atoms with Crippen LogP contribution >= 0.6 is 0 Å². The number of amides is 2. The summed E-state index contributed by atoms with van der Waals surface area (Å²) in [4.78, 5) is 22.5. The Morgan fingerprint density at radius 3 is 2.69 bits per heavy atom. The van der Waals surface area contributed by atoms with Crippen molar-refractivity contribution in [1.82, 2.24) is 16.2 Å². The average Bonchev–Trinajstić information content (AvgIpc) is 2.73. The molecule has 0 bridgehead atoms. The monoisotopic (exact) mass is 219 g/mol. The third-order valence-electron chi connectivity index (χ3n) is 2.39. The smallest absolute Gasteiger partial charge is 0.265 e. The van der Waals surface area contributed by atoms with Gasteiger partial charge in [-0.2, -0.15) is 0 Å². The first-order valence-electron chi connectivity index (χ1n) is 5.16. The summed E-state index contributed by atoms with van der Waals surface area (Å²) < 4.78 is 0. The van der Waals surface area contributed by atoms with Crippen LogP contribution in [0, 0.1) is 0 Å². The predicted molar refractivity (Wildman–Crippen MR) is 58.2 cm³/mol. The molecule has 1 fully saturated rings. The molecule has 0 saturated carbocycles. The van der Waals surface area contributed by atoms with Crippen molar-refractivity contribution in [1.29, 1.82) is 0 Å². The normalized spacial score (nSPS) is 19.2. The molecule has 0 spiro atoms. The van der Waals surface area contributed by atoms with Gasteiger partial charge in [0.25, 0.3) is 5.91 Å². The molecule has 0 aromatic heterocycles. The van der Waals surface area contributed by atoms with E-state index in [1.54, 1.807) is 24.3 Å². The second-order valence-corrected chi connectivity index (χ2v) is 3.62. The van der Waals surface area contributed by atoms with Crippen LogP contribution < -0.4 is 16.2 Å². The van der Waals surface area contributed by atoms with E-state index in [9.17, 15) is 9.59 Å². The maximum atomic E-state index is 11.6. The molecule has 1 aliphatic rings. The zero-order valence-electron chi connectivity index (χ0n) is 8.69. The van der Waals surface area contributed by atoms with E-state index in [1.165, 1.54) is 0 Å². The van der Waals surface area contributed by atoms with Crippen molar-refractivity contribution in [2.24, 2.45) is 0 Å². The Morgan fingerprint density at radius 2 is 2.06 bits per heavy atom. The van der Waals surface area contributed by atoms with Crippen LogP contribution in [0.25, 0.3) is 0 Å². The van der Waals surface area contributed by atoms with Crippen molar-refractivity contribution in [3.05, 3.63) is 35.9 Å². The number of carbonyl (C=O) groups is 2. The van der Waals surface area contributed by atoms with Gasteiger partial charge in [0, 0.05) is 12.0 Å². The second kappa shape index (κ2) is 4.76. The van der Waals surface area contributed by atoms with Crippen LogP contribution in [0.2, 0.25) is 0 Å². The van der Waals surface area contributed by atoms with E-state index in [2.05, 4.69) is 16.2 Å². The number of nitrogens with one attached hydrogen (secondary N) is 3. The van der Waals surface area contributed by atoms with Crippen molar-refractivity contribution < 1.29 is 9.59 Å². The van der Waals surface area contributed by atoms with Crippen LogP contribution in [0.15, 0.2) is 30.3 Å². The first-order valence-corrected chi connectivity index (χ1v) is 5.16. The molecule has 16 heavy (non-hydrogen) atoms. The Hall–Kier alpha value is -1.88. The zero-order valence-corrected chi connectivity index (χ0v) is 8.69. The average molecular weight is 219 g/mol. The zero-order chi connectivity index (χ0) is 11.4. The van der Waals surface area contributed by atoms with Crippen molar-refractivity contribution in [3.63, 3.8) is 0 Å². The Kier molecular flexibility index (Phi) is 3.16. The minimum atomic E-state index is -0.207. The Labute approximate surface area is 93.2 Å². The summed E-state index contributed by atoms with van der Waals surface area (Å²) in [6.07, 6.45) is 1.02. The van der Waals surface area contributed by atoms with E-state index in [-0.39, 0.29) is 18.0 Å². The molecule has 2 rings (SSSR count). The highest BCUT2D eigenvalue weighted by molar-refractivity contribution is 5.93. The molecule has 0 radical (unpaired) electrons. The van der Waals surface area contributed by atoms with E-state index in [1.807, 2.05) is 6.07 Å². The third kappa shape index (κ3) is 2.58. The molecule has 2 amide bonds. The van der Waals surface area contributed by atoms with Crippen molar-refractivity contribution in [3.8, 4) is 0 Å². The summed E-state index contributed by atoms with van der Waals surface area (Å²) in [5.74, 6) is -0.201. The lowest BCUT2D eigenvalue weighted by atomic mass is 10.2. The number of benzene rings is 1. The summed E-state index contributed by atoms with van der Waals surface area (Å²) in [6.45, 7) is 0. The molecule has 1 aliphatic heterocycles. The molecular formula is C11H13N3O2. The van der Waals surface area contributed by atoms with Gasteiger partial charge in [-0.25, -0.2) is 5.43 Å². The molecule has 1 aromatic rings. The summed E-state index contributed by atoms with van der Waals surface area (Å²) in [7, 11) is 0. The highest BCUT2D eigenvalue weighted by Crippen LogP contribution is 2.02. The van der Waals surface area contributed by atoms with Crippen molar-refractivity contribution in [2.45, 2.75) is 19.0 Å². The quantitative estimate of drug-likeness (QED) is 0.634. The minimum Gasteiger partial charge on any atom is -0.339 e. The van der Waals surface area contributed by atoms with Gasteiger partial charge >= 0.3 is 0 Å². The third-order valence-corrected chi connectivity index (χ3v) is 2.39. The molecule has 1 saturated heterocycles. The SMILES string of the molecule is O=C1CCC(NNC(=O)c2ccccc2)N1. The Bertz CT molecular complexity index is 391. The van der Waals surface area contributed by atoms with E-state index >= 15 is 0 Å². The highest BCUT2D eigenvalue weighted by Gasteiger charge is 2.20. The molecular weight excluding hydrogens is 206 g/mol. The lowest BCUT2D eigenvalue weighted by molar-refractivity contribution is -0.119. The fraction of sp³-hybridized carbons (Fsp3) is 0.273. The maximum absolute atomic E-state index is 11.6. The predicted octanol–water partition coefficient (Wildman–Crippen LogP) is 0.157. The number of hydrogen-bond acceptors (Lipinski definition) is 3. The van der Waals surface area contributed by atoms with Crippen LogP contribution in [0.3, 0.4) is 0 Å². The molecule has 5 heteroatoms. The van der Waals surface area contributed by atoms with Gasteiger partial charge in [0.2, 0.25) is 5.91 Å². The van der Waals surface area contributed by atoms with Gasteiger partial charge in [-0.3, -0.25) is 15.0 Å². The van der Waals surface area contributed by atoms with Gasteiger partial charge in [-0.15, -0.1) is 0 Å². The van der Waals surface area contributed by atoms with Gasteiger partial charge in [0.05, 0.1) is 6.17 Å². The molecule has 1 aromatic carbocycles. The number of hydrazine groups is 1. The summed E-state index contributed by atoms with van der Waals surface area (Å²) in [5, 5.41) is 2.70. The number of rotatable bonds is 3. The molecule has 1 heterocycles. The molecule has 3 N–H and O–H groups in total. The van der Waals surface area contributed by atoms with Gasteiger partial charge < -0.3 is 5.32 Å². The molecule has 1 atom stereocenters. The number of hydrogen-bond donors (Lipinski definition) is 3. The maximum Gasteiger partial charge on any atom is 0.265 e. The minimum absolute atomic E-state index is 0.00598. The van der Waals surface area contributed by atoms with E-state index < -0.39 is 0 Å². The van der Waals surface area contributed by atoms with Crippen LogP contribution in [-0.2, 0) is 4.79 Å². The largest absolute Gasteiger partial charge is 0.339 e. The molecule has 5 nitrogen and oxygen atoms in total. The van der Waals surface area contributed by atoms with E-state index in [0.717, 1.165) is 0 Å². The lowest BCUT2D eigenvalue weighted by Gasteiger charge is -2.13. The van der Waals surface area contributed by atoms with Gasteiger partial charge in [0.15, 0.2) is 0 Å². The van der Waals surface area contributed by atoms with Crippen molar-refractivity contribution in [2.75, 3.05) is 0 Å². The van der Waals surface area contributed by atoms with Gasteiger partial charge in [0.1, 0.15) is 0 Å². The lowest BCUT2D eigenvalue weighted by Crippen LogP contribution is -2.49. The van der Waals surface area contributed by atoms with Gasteiger partial charge in [-0.1, -0.05) is 18.2 Å². The molecule has 84 valence electrons. The van der Waals surface area contributed by atoms with Gasteiger partial charge in [-0.05, 0) is 18.6 Å². The van der Waals surface area contributed by atoms with Crippen LogP contribution in [-0.4, -0.2) is 18.0 Å².